The van der Waals surface area contributed by atoms with Crippen LogP contribution in [0.3, 0.4) is 0 Å². The largest absolute Gasteiger partial charge is 0.332 e. The minimum absolute atomic E-state index is 0.256. The fourth-order valence-corrected chi connectivity index (χ4v) is 4.81. The van der Waals surface area contributed by atoms with Gasteiger partial charge in [-0.15, -0.1) is 0 Å². The Kier molecular flexibility index (Phi) is 5.06. The zero-order valence-electron chi connectivity index (χ0n) is 14.4. The van der Waals surface area contributed by atoms with E-state index in [1.165, 1.54) is 11.1 Å². The summed E-state index contributed by atoms with van der Waals surface area (Å²) in [5.74, 6) is 0.256. The molecule has 3 rings (SSSR count). The number of aryl methyl sites for hydroxylation is 1. The van der Waals surface area contributed by atoms with Crippen LogP contribution in [0.4, 0.5) is 0 Å². The number of sulfonamides is 1. The fourth-order valence-electron chi connectivity index (χ4n) is 3.22. The Morgan fingerprint density at radius 1 is 1.29 bits per heavy atom. The molecular weight excluding hydrogens is 322 g/mol. The Bertz CT molecular complexity index is 852. The van der Waals surface area contributed by atoms with Crippen LogP contribution < -0.4 is 0 Å². The van der Waals surface area contributed by atoms with Crippen molar-refractivity contribution in [3.8, 4) is 0 Å². The number of hydrogen-bond donors (Lipinski definition) is 0. The second-order valence-corrected chi connectivity index (χ2v) is 8.30. The Labute approximate surface area is 144 Å². The predicted molar refractivity (Wildman–Crippen MR) is 98.3 cm³/mol. The maximum absolute atomic E-state index is 12.3. The minimum atomic E-state index is -3.12. The van der Waals surface area contributed by atoms with Crippen molar-refractivity contribution in [2.45, 2.75) is 39.7 Å². The first kappa shape index (κ1) is 17.2. The molecule has 130 valence electrons. The fraction of sp³-hybridized carbons (Fsp3) is 0.500. The highest BCUT2D eigenvalue weighted by molar-refractivity contribution is 7.89. The molecule has 0 aliphatic carbocycles. The van der Waals surface area contributed by atoms with E-state index in [9.17, 15) is 8.42 Å². The van der Waals surface area contributed by atoms with Gasteiger partial charge in [-0.1, -0.05) is 19.4 Å². The third-order valence-corrected chi connectivity index (χ3v) is 6.56. The van der Waals surface area contributed by atoms with Crippen LogP contribution in [0.2, 0.25) is 0 Å². The van der Waals surface area contributed by atoms with Crippen molar-refractivity contribution >= 4 is 26.6 Å². The summed E-state index contributed by atoms with van der Waals surface area (Å²) >= 11 is 0. The lowest BCUT2D eigenvalue weighted by Gasteiger charge is -2.25. The van der Waals surface area contributed by atoms with Crippen molar-refractivity contribution in [3.63, 3.8) is 0 Å². The number of unbranched alkanes of at least 4 members (excludes halogenated alkanes) is 1. The molecule has 0 bridgehead atoms. The summed E-state index contributed by atoms with van der Waals surface area (Å²) in [4.78, 5) is 4.48. The number of pyridine rings is 1. The third kappa shape index (κ3) is 3.26. The van der Waals surface area contributed by atoms with Gasteiger partial charge in [0.1, 0.15) is 5.65 Å². The summed E-state index contributed by atoms with van der Waals surface area (Å²) in [6, 6.07) is 4.05. The third-order valence-electron chi connectivity index (χ3n) is 4.64. The van der Waals surface area contributed by atoms with Gasteiger partial charge < -0.3 is 4.57 Å². The molecule has 0 saturated heterocycles. The van der Waals surface area contributed by atoms with E-state index in [0.717, 1.165) is 36.8 Å². The van der Waals surface area contributed by atoms with Gasteiger partial charge in [-0.2, -0.15) is 4.31 Å². The van der Waals surface area contributed by atoms with Gasteiger partial charge in [0.15, 0.2) is 0 Å². The van der Waals surface area contributed by atoms with Gasteiger partial charge in [0, 0.05) is 43.0 Å². The molecule has 0 atom stereocenters. The Morgan fingerprint density at radius 3 is 2.79 bits per heavy atom. The second-order valence-electron chi connectivity index (χ2n) is 6.21. The summed E-state index contributed by atoms with van der Waals surface area (Å²) in [5, 5.41) is 1.15. The van der Waals surface area contributed by atoms with Gasteiger partial charge in [0.05, 0.1) is 5.75 Å². The lowest BCUT2D eigenvalue weighted by atomic mass is 10.0. The van der Waals surface area contributed by atoms with Crippen molar-refractivity contribution < 1.29 is 8.42 Å². The van der Waals surface area contributed by atoms with E-state index >= 15 is 0 Å². The molecule has 0 fully saturated rings. The van der Waals surface area contributed by atoms with Crippen LogP contribution >= 0.6 is 0 Å². The van der Waals surface area contributed by atoms with Crippen LogP contribution in [0, 0.1) is 0 Å². The SMILES string of the molecule is CCCCS(=O)(=O)N1CC=C(c2cn(CC)c3ncccc23)CC1. The molecule has 3 heterocycles. The summed E-state index contributed by atoms with van der Waals surface area (Å²) < 4.78 is 28.4. The van der Waals surface area contributed by atoms with Crippen LogP contribution in [0.1, 0.15) is 38.7 Å². The quantitative estimate of drug-likeness (QED) is 0.806. The topological polar surface area (TPSA) is 55.2 Å². The average Bonchev–Trinajstić information content (AvgIpc) is 2.99. The van der Waals surface area contributed by atoms with Crippen LogP contribution in [-0.2, 0) is 16.6 Å². The van der Waals surface area contributed by atoms with Gasteiger partial charge in [-0.25, -0.2) is 13.4 Å². The van der Waals surface area contributed by atoms with Crippen LogP contribution in [0.15, 0.2) is 30.6 Å². The minimum Gasteiger partial charge on any atom is -0.332 e. The lowest BCUT2D eigenvalue weighted by molar-refractivity contribution is 0.440. The average molecular weight is 347 g/mol. The molecule has 6 heteroatoms. The van der Waals surface area contributed by atoms with Crippen molar-refractivity contribution in [3.05, 3.63) is 36.2 Å². The normalized spacial score (nSPS) is 16.5. The number of hydrogen-bond acceptors (Lipinski definition) is 3. The molecule has 0 saturated carbocycles. The van der Waals surface area contributed by atoms with E-state index in [1.54, 1.807) is 4.31 Å². The van der Waals surface area contributed by atoms with E-state index < -0.39 is 10.0 Å². The maximum Gasteiger partial charge on any atom is 0.214 e. The van der Waals surface area contributed by atoms with Crippen LogP contribution in [0.25, 0.3) is 16.6 Å². The van der Waals surface area contributed by atoms with E-state index in [4.69, 9.17) is 0 Å². The number of fused-ring (bicyclic) bond motifs is 1. The molecule has 1 aliphatic rings. The lowest BCUT2D eigenvalue weighted by Crippen LogP contribution is -2.36. The monoisotopic (exact) mass is 347 g/mol. The number of nitrogens with zero attached hydrogens (tertiary/aromatic N) is 3. The van der Waals surface area contributed by atoms with Crippen molar-refractivity contribution in [2.75, 3.05) is 18.8 Å². The first-order chi connectivity index (χ1) is 11.6. The highest BCUT2D eigenvalue weighted by atomic mass is 32.2. The molecule has 2 aromatic heterocycles. The van der Waals surface area contributed by atoms with E-state index in [2.05, 4.69) is 34.8 Å². The molecular formula is C18H25N3O2S. The number of aromatic nitrogens is 2. The molecule has 0 N–H and O–H groups in total. The molecule has 2 aromatic rings. The summed E-state index contributed by atoms with van der Waals surface area (Å²) in [5.41, 5.74) is 3.40. The summed E-state index contributed by atoms with van der Waals surface area (Å²) in [6.45, 7) is 6.03. The number of rotatable bonds is 6. The van der Waals surface area contributed by atoms with Crippen LogP contribution in [-0.4, -0.2) is 41.1 Å². The van der Waals surface area contributed by atoms with Crippen molar-refractivity contribution in [1.29, 1.82) is 0 Å². The summed E-state index contributed by atoms with van der Waals surface area (Å²) in [6.07, 6.45) is 8.40. The summed E-state index contributed by atoms with van der Waals surface area (Å²) in [7, 11) is -3.12. The Morgan fingerprint density at radius 2 is 2.12 bits per heavy atom. The van der Waals surface area contributed by atoms with Crippen LogP contribution in [0.5, 0.6) is 0 Å². The Balaban J connectivity index is 1.86. The van der Waals surface area contributed by atoms with Crippen molar-refractivity contribution in [2.24, 2.45) is 0 Å². The highest BCUT2D eigenvalue weighted by Gasteiger charge is 2.25. The first-order valence-corrected chi connectivity index (χ1v) is 10.3. The predicted octanol–water partition coefficient (Wildman–Crippen LogP) is 3.28. The zero-order chi connectivity index (χ0) is 17.2. The molecule has 1 aliphatic heterocycles. The van der Waals surface area contributed by atoms with E-state index in [1.807, 2.05) is 19.2 Å². The molecule has 24 heavy (non-hydrogen) atoms. The maximum atomic E-state index is 12.3. The molecule has 5 nitrogen and oxygen atoms in total. The second kappa shape index (κ2) is 7.07. The van der Waals surface area contributed by atoms with Gasteiger partial charge in [0.2, 0.25) is 10.0 Å². The van der Waals surface area contributed by atoms with E-state index in [-0.39, 0.29) is 5.75 Å². The standard InChI is InChI=1S/C18H25N3O2S/c1-3-5-13-24(22,23)21-11-8-15(9-12-21)17-14-20(4-2)18-16(17)7-6-10-19-18/h6-8,10,14H,3-5,9,11-13H2,1-2H3. The first-order valence-electron chi connectivity index (χ1n) is 8.68. The smallest absolute Gasteiger partial charge is 0.214 e. The van der Waals surface area contributed by atoms with E-state index in [0.29, 0.717) is 13.1 Å². The molecule has 0 radical (unpaired) electrons. The molecule has 0 unspecified atom stereocenters. The molecule has 0 aromatic carbocycles. The zero-order valence-corrected chi connectivity index (χ0v) is 15.2. The van der Waals surface area contributed by atoms with Gasteiger partial charge in [-0.05, 0) is 37.5 Å². The van der Waals surface area contributed by atoms with Gasteiger partial charge in [0.25, 0.3) is 0 Å². The van der Waals surface area contributed by atoms with Gasteiger partial charge in [-0.3, -0.25) is 0 Å². The Hall–Kier alpha value is -1.66. The molecule has 0 amide bonds. The highest BCUT2D eigenvalue weighted by Crippen LogP contribution is 2.30. The molecule has 0 spiro atoms. The van der Waals surface area contributed by atoms with Crippen molar-refractivity contribution in [1.82, 2.24) is 13.9 Å². The van der Waals surface area contributed by atoms with Gasteiger partial charge >= 0.3 is 0 Å².